The minimum Gasteiger partial charge on any atom is -0.484 e. The van der Waals surface area contributed by atoms with Crippen LogP contribution in [0.1, 0.15) is 21.7 Å². The minimum atomic E-state index is -2.81. The summed E-state index contributed by atoms with van der Waals surface area (Å²) >= 11 is 1.30. The van der Waals surface area contributed by atoms with E-state index in [1.807, 2.05) is 24.3 Å². The first kappa shape index (κ1) is 22.6. The molecule has 4 heterocycles. The van der Waals surface area contributed by atoms with Gasteiger partial charge < -0.3 is 14.5 Å². The molecule has 34 heavy (non-hydrogen) atoms. The number of amides is 1. The Morgan fingerprint density at radius 1 is 1.26 bits per heavy atom. The fourth-order valence-corrected chi connectivity index (χ4v) is 6.35. The molecule has 0 saturated carbocycles. The van der Waals surface area contributed by atoms with E-state index in [0.29, 0.717) is 34.5 Å². The van der Waals surface area contributed by atoms with Crippen molar-refractivity contribution in [3.8, 4) is 22.5 Å². The van der Waals surface area contributed by atoms with Gasteiger partial charge in [-0.05, 0) is 30.2 Å². The van der Waals surface area contributed by atoms with Crippen LogP contribution in [0.25, 0.3) is 10.7 Å². The number of carbonyl (C=O) groups is 1. The third-order valence-electron chi connectivity index (χ3n) is 5.82. The molecule has 0 bridgehead atoms. The smallest absolute Gasteiger partial charge is 0.259 e. The highest BCUT2D eigenvalue weighted by Gasteiger charge is 2.34. The fourth-order valence-electron chi connectivity index (χ4n) is 4.08. The van der Waals surface area contributed by atoms with Gasteiger partial charge >= 0.3 is 0 Å². The van der Waals surface area contributed by atoms with Gasteiger partial charge in [0.15, 0.2) is 12.4 Å². The molecule has 1 amide bonds. The van der Waals surface area contributed by atoms with Crippen molar-refractivity contribution in [3.05, 3.63) is 52.0 Å². The van der Waals surface area contributed by atoms with E-state index in [1.54, 1.807) is 20.2 Å². The summed E-state index contributed by atoms with van der Waals surface area (Å²) in [6.07, 6.45) is 0.800. The van der Waals surface area contributed by atoms with E-state index in [1.165, 1.54) is 16.2 Å². The molecular formula is C23H23N5O4S2. The summed E-state index contributed by atoms with van der Waals surface area (Å²) in [5.74, 6) is 1.77. The van der Waals surface area contributed by atoms with Crippen LogP contribution in [0.2, 0.25) is 0 Å². The van der Waals surface area contributed by atoms with Gasteiger partial charge in [0.25, 0.3) is 5.91 Å². The third kappa shape index (κ3) is 4.21. The topological polar surface area (TPSA) is 123 Å². The Hall–Kier alpha value is -3.17. The molecule has 2 aliphatic rings. The Kier molecular flexibility index (Phi) is 5.69. The Morgan fingerprint density at radius 3 is 2.82 bits per heavy atom. The van der Waals surface area contributed by atoms with Crippen molar-refractivity contribution in [2.75, 3.05) is 32.1 Å². The van der Waals surface area contributed by atoms with Crippen LogP contribution in [0.3, 0.4) is 0 Å². The molecule has 0 spiro atoms. The Bertz CT molecular complexity index is 1330. The summed E-state index contributed by atoms with van der Waals surface area (Å²) in [7, 11) is 0.550. The average Bonchev–Trinajstić information content (AvgIpc) is 3.51. The third-order valence-corrected chi connectivity index (χ3v) is 8.29. The Morgan fingerprint density at radius 2 is 2.09 bits per heavy atom. The zero-order chi connectivity index (χ0) is 24.0. The largest absolute Gasteiger partial charge is 0.484 e. The van der Waals surface area contributed by atoms with Gasteiger partial charge in [0.1, 0.15) is 22.5 Å². The average molecular weight is 498 g/mol. The van der Waals surface area contributed by atoms with Gasteiger partial charge in [-0.25, -0.2) is 9.97 Å². The first-order valence-corrected chi connectivity index (χ1v) is 13.3. The van der Waals surface area contributed by atoms with Crippen molar-refractivity contribution in [1.82, 2.24) is 14.9 Å². The zero-order valence-electron chi connectivity index (χ0n) is 18.7. The number of nitrogens with zero attached hydrogens (tertiary/aromatic N) is 5. The second-order valence-electron chi connectivity index (χ2n) is 8.43. The molecule has 1 aromatic carbocycles. The molecule has 0 aliphatic carbocycles. The van der Waals surface area contributed by atoms with E-state index in [0.717, 1.165) is 28.1 Å². The first-order valence-electron chi connectivity index (χ1n) is 10.6. The summed E-state index contributed by atoms with van der Waals surface area (Å²) in [5, 5.41) is 9.21. The second kappa shape index (κ2) is 8.56. The molecule has 11 heteroatoms. The van der Waals surface area contributed by atoms with Crippen LogP contribution >= 0.6 is 21.9 Å². The van der Waals surface area contributed by atoms with Crippen LogP contribution in [0.4, 0.5) is 11.5 Å². The van der Waals surface area contributed by atoms with E-state index in [9.17, 15) is 19.2 Å². The second-order valence-corrected chi connectivity index (χ2v) is 11.7. The number of hydrogen-bond donors (Lipinski definition) is 2. The van der Waals surface area contributed by atoms with E-state index in [-0.39, 0.29) is 24.0 Å². The van der Waals surface area contributed by atoms with Gasteiger partial charge in [0, 0.05) is 38.0 Å². The van der Waals surface area contributed by atoms with Gasteiger partial charge in [-0.2, -0.15) is 15.9 Å². The van der Waals surface area contributed by atoms with Crippen LogP contribution in [0, 0.1) is 11.3 Å². The standard InChI is InChI=1S/C23H23N5O4S2/c1-27(2)21(29)11-32-15-4-3-14-7-8-28(19(14)9-15)23-17-12-34(30,31)13-18(17)25-22(26-23)20-6-5-16(10-24)33-20/h3-6,9,30-31H,7-8,11-13H2,1-2H3. The quantitative estimate of drug-likeness (QED) is 0.542. The molecule has 0 unspecified atom stereocenters. The lowest BCUT2D eigenvalue weighted by molar-refractivity contribution is -0.130. The highest BCUT2D eigenvalue weighted by molar-refractivity contribution is 8.23. The van der Waals surface area contributed by atoms with Gasteiger partial charge in [0.2, 0.25) is 0 Å². The molecule has 3 aromatic rings. The van der Waals surface area contributed by atoms with Crippen LogP contribution in [0.5, 0.6) is 5.75 Å². The van der Waals surface area contributed by atoms with Gasteiger partial charge in [-0.3, -0.25) is 13.9 Å². The number of aromatic nitrogens is 2. The number of benzene rings is 1. The monoisotopic (exact) mass is 497 g/mol. The van der Waals surface area contributed by atoms with E-state index in [2.05, 4.69) is 16.0 Å². The maximum Gasteiger partial charge on any atom is 0.259 e. The number of carbonyl (C=O) groups excluding carboxylic acids is 1. The molecule has 176 valence electrons. The van der Waals surface area contributed by atoms with Crippen molar-refractivity contribution in [1.29, 1.82) is 5.26 Å². The number of hydrogen-bond acceptors (Lipinski definition) is 9. The number of likely N-dealkylation sites (N-methyl/N-ethyl adjacent to an activating group) is 1. The molecular weight excluding hydrogens is 474 g/mol. The van der Waals surface area contributed by atoms with Crippen LogP contribution in [0.15, 0.2) is 30.3 Å². The molecule has 0 fully saturated rings. The predicted octanol–water partition coefficient (Wildman–Crippen LogP) is 4.00. The van der Waals surface area contributed by atoms with Gasteiger partial charge in [-0.15, -0.1) is 11.3 Å². The number of ether oxygens (including phenoxy) is 1. The summed E-state index contributed by atoms with van der Waals surface area (Å²) < 4.78 is 26.6. The summed E-state index contributed by atoms with van der Waals surface area (Å²) in [4.78, 5) is 26.3. The molecule has 0 atom stereocenters. The highest BCUT2D eigenvalue weighted by Crippen LogP contribution is 2.55. The minimum absolute atomic E-state index is 0.0562. The maximum absolute atomic E-state index is 11.9. The van der Waals surface area contributed by atoms with Gasteiger partial charge in [-0.1, -0.05) is 6.07 Å². The highest BCUT2D eigenvalue weighted by atomic mass is 32.3. The number of anilines is 2. The lowest BCUT2D eigenvalue weighted by Crippen LogP contribution is -2.27. The number of thiophene rings is 1. The molecule has 2 aromatic heterocycles. The summed E-state index contributed by atoms with van der Waals surface area (Å²) in [6.45, 7) is 0.616. The van der Waals surface area contributed by atoms with Crippen molar-refractivity contribution in [2.45, 2.75) is 17.9 Å². The van der Waals surface area contributed by atoms with Crippen molar-refractivity contribution in [3.63, 3.8) is 0 Å². The van der Waals surface area contributed by atoms with Crippen LogP contribution in [-0.2, 0) is 22.7 Å². The summed E-state index contributed by atoms with van der Waals surface area (Å²) in [5.41, 5.74) is 3.40. The lowest BCUT2D eigenvalue weighted by atomic mass is 10.1. The Balaban J connectivity index is 1.54. The van der Waals surface area contributed by atoms with Crippen LogP contribution < -0.4 is 9.64 Å². The van der Waals surface area contributed by atoms with E-state index >= 15 is 0 Å². The van der Waals surface area contributed by atoms with E-state index in [4.69, 9.17) is 9.72 Å². The molecule has 5 rings (SSSR count). The fraction of sp³-hybridized carbons (Fsp3) is 0.304. The SMILES string of the molecule is CN(C)C(=O)COc1ccc2c(c1)N(c1nc(-c3ccc(C#N)s3)nc3c1CS(O)(O)C3)CC2. The molecule has 0 radical (unpaired) electrons. The first-order chi connectivity index (χ1) is 16.2. The number of rotatable bonds is 5. The lowest BCUT2D eigenvalue weighted by Gasteiger charge is -2.25. The molecule has 2 aliphatic heterocycles. The van der Waals surface area contributed by atoms with Crippen LogP contribution in [-0.4, -0.2) is 57.1 Å². The molecule has 2 N–H and O–H groups in total. The van der Waals surface area contributed by atoms with Crippen molar-refractivity contribution < 1.29 is 18.6 Å². The van der Waals surface area contributed by atoms with E-state index < -0.39 is 10.6 Å². The van der Waals surface area contributed by atoms with Gasteiger partial charge in [0.05, 0.1) is 22.1 Å². The molecule has 0 saturated heterocycles. The number of fused-ring (bicyclic) bond motifs is 2. The normalized spacial score (nSPS) is 16.5. The number of nitriles is 1. The summed E-state index contributed by atoms with van der Waals surface area (Å²) in [6, 6.07) is 11.4. The van der Waals surface area contributed by atoms with Crippen molar-refractivity contribution in [2.24, 2.45) is 0 Å². The molecule has 9 nitrogen and oxygen atoms in total. The zero-order valence-corrected chi connectivity index (χ0v) is 20.3. The predicted molar refractivity (Wildman–Crippen MR) is 132 cm³/mol. The maximum atomic E-state index is 11.9. The Labute approximate surface area is 202 Å². The van der Waals surface area contributed by atoms with Crippen molar-refractivity contribution >= 4 is 39.3 Å².